The highest BCUT2D eigenvalue weighted by atomic mass is 16.7. The third-order valence-electron chi connectivity index (χ3n) is 6.75. The van der Waals surface area contributed by atoms with Gasteiger partial charge in [0.25, 0.3) is 0 Å². The Morgan fingerprint density at radius 2 is 1.90 bits per heavy atom. The van der Waals surface area contributed by atoms with E-state index in [0.717, 1.165) is 74.2 Å². The first kappa shape index (κ1) is 17.9. The molecule has 1 fully saturated rings. The average molecular weight is 406 g/mol. The van der Waals surface area contributed by atoms with Crippen LogP contribution >= 0.6 is 0 Å². The maximum atomic E-state index is 5.62. The van der Waals surface area contributed by atoms with E-state index >= 15 is 0 Å². The van der Waals surface area contributed by atoms with Crippen LogP contribution in [0.2, 0.25) is 0 Å². The van der Waals surface area contributed by atoms with Crippen molar-refractivity contribution in [1.29, 1.82) is 0 Å². The summed E-state index contributed by atoms with van der Waals surface area (Å²) in [6.07, 6.45) is 2.10. The molecule has 0 amide bonds. The van der Waals surface area contributed by atoms with Gasteiger partial charge in [0.05, 0.1) is 13.7 Å². The Balaban J connectivity index is 1.21. The zero-order chi connectivity index (χ0) is 20.1. The predicted molar refractivity (Wildman–Crippen MR) is 115 cm³/mol. The number of hydrogen-bond donors (Lipinski definition) is 1. The maximum absolute atomic E-state index is 5.62. The summed E-state index contributed by atoms with van der Waals surface area (Å²) in [5, 5.41) is 3.88. The topological polar surface area (TPSA) is 58.6 Å². The van der Waals surface area contributed by atoms with Gasteiger partial charge in [0.1, 0.15) is 17.2 Å². The summed E-state index contributed by atoms with van der Waals surface area (Å²) in [6.45, 7) is 5.01. The molecule has 0 radical (unpaired) electrons. The summed E-state index contributed by atoms with van der Waals surface area (Å²) >= 11 is 0. The van der Waals surface area contributed by atoms with E-state index in [-0.39, 0.29) is 12.5 Å². The van der Waals surface area contributed by atoms with Crippen LogP contribution < -0.4 is 19.5 Å². The zero-order valence-corrected chi connectivity index (χ0v) is 17.2. The van der Waals surface area contributed by atoms with Crippen LogP contribution in [-0.2, 0) is 6.54 Å². The molecule has 0 unspecified atom stereocenters. The molecule has 4 aliphatic heterocycles. The number of aliphatic imine (C=N–C) groups is 1. The molecule has 1 spiro atoms. The molecule has 0 bridgehead atoms. The van der Waals surface area contributed by atoms with E-state index in [1.807, 2.05) is 6.07 Å². The number of rotatable bonds is 3. The molecule has 6 rings (SSSR count). The van der Waals surface area contributed by atoms with Crippen LogP contribution in [0.3, 0.4) is 0 Å². The number of amidine groups is 1. The first-order valence-electron chi connectivity index (χ1n) is 10.6. The molecule has 30 heavy (non-hydrogen) atoms. The second-order valence-electron chi connectivity index (χ2n) is 8.35. The Labute approximate surface area is 176 Å². The minimum atomic E-state index is -0.0425. The van der Waals surface area contributed by atoms with Crippen molar-refractivity contribution < 1.29 is 14.2 Å². The summed E-state index contributed by atoms with van der Waals surface area (Å²) in [4.78, 5) is 9.85. The van der Waals surface area contributed by atoms with Crippen molar-refractivity contribution in [3.63, 3.8) is 0 Å². The number of hydrogen-bond acceptors (Lipinski definition) is 7. The molecule has 1 N–H and O–H groups in total. The molecule has 4 heterocycles. The lowest BCUT2D eigenvalue weighted by Crippen LogP contribution is -2.63. The molecule has 2 aromatic rings. The second-order valence-corrected chi connectivity index (χ2v) is 8.35. The number of anilines is 1. The highest BCUT2D eigenvalue weighted by Gasteiger charge is 2.46. The molecule has 0 aliphatic carbocycles. The van der Waals surface area contributed by atoms with Crippen molar-refractivity contribution in [3.8, 4) is 17.2 Å². The fraction of sp³-hybridized carbons (Fsp3) is 0.435. The van der Waals surface area contributed by atoms with Gasteiger partial charge in [-0.1, -0.05) is 12.1 Å². The van der Waals surface area contributed by atoms with Gasteiger partial charge in [-0.15, -0.1) is 0 Å². The molecule has 156 valence electrons. The van der Waals surface area contributed by atoms with E-state index < -0.39 is 0 Å². The summed E-state index contributed by atoms with van der Waals surface area (Å²) < 4.78 is 16.7. The van der Waals surface area contributed by atoms with Gasteiger partial charge in [0.15, 0.2) is 11.5 Å². The summed E-state index contributed by atoms with van der Waals surface area (Å²) in [5.41, 5.74) is 3.54. The molecule has 7 nitrogen and oxygen atoms in total. The standard InChI is InChI=1S/C23H26N4O3/c1-28-19-13-21-20(29-15-30-21)12-16(19)14-26-9-6-23(7-10-26)25-18-5-3-2-4-17(18)22-24-8-11-27(22)23/h2-5,12-13,25H,6-11,14-15H2,1H3. The number of para-hydroxylation sites is 1. The molecule has 0 aromatic heterocycles. The Hall–Kier alpha value is -2.93. The van der Waals surface area contributed by atoms with Crippen molar-refractivity contribution in [3.05, 3.63) is 47.5 Å². The molecule has 7 heteroatoms. The number of benzene rings is 2. The van der Waals surface area contributed by atoms with E-state index in [9.17, 15) is 0 Å². The second kappa shape index (κ2) is 6.80. The number of methoxy groups -OCH3 is 1. The Bertz CT molecular complexity index is 1010. The van der Waals surface area contributed by atoms with Crippen molar-refractivity contribution in [2.24, 2.45) is 4.99 Å². The van der Waals surface area contributed by atoms with Crippen LogP contribution in [0, 0.1) is 0 Å². The van der Waals surface area contributed by atoms with Crippen molar-refractivity contribution in [2.45, 2.75) is 25.0 Å². The van der Waals surface area contributed by atoms with E-state index in [4.69, 9.17) is 19.2 Å². The average Bonchev–Trinajstić information content (AvgIpc) is 3.45. The summed E-state index contributed by atoms with van der Waals surface area (Å²) in [6, 6.07) is 12.6. The number of nitrogens with one attached hydrogen (secondary N) is 1. The number of fused-ring (bicyclic) bond motifs is 5. The fourth-order valence-corrected chi connectivity index (χ4v) is 5.20. The van der Waals surface area contributed by atoms with Gasteiger partial charge in [-0.3, -0.25) is 9.89 Å². The van der Waals surface area contributed by atoms with Gasteiger partial charge in [-0.25, -0.2) is 0 Å². The summed E-state index contributed by atoms with van der Waals surface area (Å²) in [7, 11) is 1.71. The first-order valence-corrected chi connectivity index (χ1v) is 10.6. The van der Waals surface area contributed by atoms with Crippen LogP contribution in [-0.4, -0.2) is 61.4 Å². The molecule has 0 saturated carbocycles. The highest BCUT2D eigenvalue weighted by molar-refractivity contribution is 6.06. The van der Waals surface area contributed by atoms with Crippen LogP contribution in [0.25, 0.3) is 0 Å². The number of ether oxygens (including phenoxy) is 3. The number of likely N-dealkylation sites (tertiary alicyclic amines) is 1. The van der Waals surface area contributed by atoms with Gasteiger partial charge in [0, 0.05) is 61.9 Å². The highest BCUT2D eigenvalue weighted by Crippen LogP contribution is 2.41. The normalized spacial score (nSPS) is 21.1. The number of piperidine rings is 1. The number of nitrogens with zero attached hydrogens (tertiary/aromatic N) is 3. The third kappa shape index (κ3) is 2.72. The van der Waals surface area contributed by atoms with Crippen molar-refractivity contribution in [2.75, 3.05) is 45.4 Å². The lowest BCUT2D eigenvalue weighted by Gasteiger charge is -2.52. The van der Waals surface area contributed by atoms with Crippen molar-refractivity contribution in [1.82, 2.24) is 9.80 Å². The Kier molecular flexibility index (Phi) is 4.06. The minimum Gasteiger partial charge on any atom is -0.496 e. The van der Waals surface area contributed by atoms with E-state index in [1.54, 1.807) is 7.11 Å². The van der Waals surface area contributed by atoms with Gasteiger partial charge in [-0.2, -0.15) is 0 Å². The molecule has 0 atom stereocenters. The van der Waals surface area contributed by atoms with Gasteiger partial charge >= 0.3 is 0 Å². The lowest BCUT2D eigenvalue weighted by molar-refractivity contribution is 0.0891. The zero-order valence-electron chi connectivity index (χ0n) is 17.2. The van der Waals surface area contributed by atoms with E-state index in [1.165, 1.54) is 11.3 Å². The fourth-order valence-electron chi connectivity index (χ4n) is 5.20. The van der Waals surface area contributed by atoms with E-state index in [0.29, 0.717) is 0 Å². The Morgan fingerprint density at radius 3 is 2.73 bits per heavy atom. The molecule has 2 aromatic carbocycles. The quantitative estimate of drug-likeness (QED) is 0.846. The largest absolute Gasteiger partial charge is 0.496 e. The Morgan fingerprint density at radius 1 is 1.10 bits per heavy atom. The lowest BCUT2D eigenvalue weighted by atomic mass is 9.90. The van der Waals surface area contributed by atoms with Gasteiger partial charge in [0.2, 0.25) is 6.79 Å². The smallest absolute Gasteiger partial charge is 0.231 e. The molecular weight excluding hydrogens is 380 g/mol. The van der Waals surface area contributed by atoms with Crippen LogP contribution in [0.4, 0.5) is 5.69 Å². The van der Waals surface area contributed by atoms with Gasteiger partial charge in [-0.05, 0) is 18.2 Å². The molecule has 1 saturated heterocycles. The van der Waals surface area contributed by atoms with Crippen molar-refractivity contribution >= 4 is 11.5 Å². The molecular formula is C23H26N4O3. The van der Waals surface area contributed by atoms with E-state index in [2.05, 4.69) is 45.4 Å². The molecule has 4 aliphatic rings. The SMILES string of the molecule is COc1cc2c(cc1CN1CCC3(CC1)Nc1ccccc1C1=NCCN13)OCO2. The van der Waals surface area contributed by atoms with Crippen LogP contribution in [0.1, 0.15) is 24.0 Å². The van der Waals surface area contributed by atoms with Gasteiger partial charge < -0.3 is 24.4 Å². The first-order chi connectivity index (χ1) is 14.8. The predicted octanol–water partition coefficient (Wildman–Crippen LogP) is 2.90. The van der Waals surface area contributed by atoms with Crippen LogP contribution in [0.5, 0.6) is 17.2 Å². The third-order valence-corrected chi connectivity index (χ3v) is 6.75. The summed E-state index contributed by atoms with van der Waals surface area (Å²) in [5.74, 6) is 3.59. The minimum absolute atomic E-state index is 0.0425. The monoisotopic (exact) mass is 406 g/mol. The van der Waals surface area contributed by atoms with Crippen LogP contribution in [0.15, 0.2) is 41.4 Å². The maximum Gasteiger partial charge on any atom is 0.231 e.